The molecule has 8 heteroatoms. The van der Waals surface area contributed by atoms with Crippen LogP contribution in [0.1, 0.15) is 47.5 Å². The molecule has 2 rings (SSSR count). The quantitative estimate of drug-likeness (QED) is 0.841. The lowest BCUT2D eigenvalue weighted by Crippen LogP contribution is -2.66. The molecule has 0 aromatic heterocycles. The molecule has 1 heterocycles. The highest BCUT2D eigenvalue weighted by atomic mass is 19.4. The van der Waals surface area contributed by atoms with Gasteiger partial charge in [0.15, 0.2) is 5.78 Å². The van der Waals surface area contributed by atoms with Gasteiger partial charge in [-0.25, -0.2) is 0 Å². The first-order chi connectivity index (χ1) is 11.2. The smallest absolute Gasteiger partial charge is 0.331 e. The van der Waals surface area contributed by atoms with E-state index in [4.69, 9.17) is 0 Å². The Bertz CT molecular complexity index is 665. The van der Waals surface area contributed by atoms with Gasteiger partial charge in [-0.3, -0.25) is 14.4 Å². The van der Waals surface area contributed by atoms with Gasteiger partial charge in [-0.1, -0.05) is 27.7 Å². The zero-order chi connectivity index (χ0) is 19.4. The lowest BCUT2D eigenvalue weighted by atomic mass is 9.72. The van der Waals surface area contributed by atoms with Crippen LogP contribution in [0, 0.1) is 11.3 Å². The summed E-state index contributed by atoms with van der Waals surface area (Å²) in [5, 5.41) is 1.77. The largest absolute Gasteiger partial charge is 0.425 e. The van der Waals surface area contributed by atoms with Crippen LogP contribution in [0.25, 0.3) is 0 Å². The molecule has 1 atom stereocenters. The molecule has 2 amide bonds. The third-order valence-corrected chi connectivity index (χ3v) is 4.46. The third-order valence-electron chi connectivity index (χ3n) is 4.46. The Balaban J connectivity index is 2.75. The van der Waals surface area contributed by atoms with E-state index in [1.807, 2.05) is 0 Å². The number of carbonyl (C=O) groups is 3. The number of hydrogen-bond donors (Lipinski definition) is 1. The third kappa shape index (κ3) is 3.06. The fourth-order valence-corrected chi connectivity index (χ4v) is 3.65. The minimum absolute atomic E-state index is 0.0540. The van der Waals surface area contributed by atoms with E-state index in [1.165, 1.54) is 0 Å². The summed E-state index contributed by atoms with van der Waals surface area (Å²) in [6.45, 7) is 8.06. The van der Waals surface area contributed by atoms with Crippen LogP contribution in [0.2, 0.25) is 0 Å². The van der Waals surface area contributed by atoms with Crippen LogP contribution in [0.15, 0.2) is 11.3 Å². The summed E-state index contributed by atoms with van der Waals surface area (Å²) in [7, 11) is 0. The van der Waals surface area contributed by atoms with Crippen molar-refractivity contribution in [1.29, 1.82) is 0 Å². The van der Waals surface area contributed by atoms with Gasteiger partial charge in [0.1, 0.15) is 0 Å². The van der Waals surface area contributed by atoms with Crippen LogP contribution in [0.5, 0.6) is 0 Å². The second kappa shape index (κ2) is 5.85. The first kappa shape index (κ1) is 19.5. The van der Waals surface area contributed by atoms with Crippen LogP contribution in [-0.4, -0.2) is 40.8 Å². The highest BCUT2D eigenvalue weighted by Crippen LogP contribution is 2.51. The zero-order valence-electron chi connectivity index (χ0n) is 15.0. The Morgan fingerprint density at radius 2 is 1.80 bits per heavy atom. The normalized spacial score (nSPS) is 26.4. The molecule has 1 N–H and O–H groups in total. The van der Waals surface area contributed by atoms with Crippen molar-refractivity contribution < 1.29 is 27.6 Å². The number of allylic oxidation sites excluding steroid dienone is 1. The highest BCUT2D eigenvalue weighted by molar-refractivity contribution is 6.13. The molecular formula is C17H23F3N2O3. The molecule has 0 fully saturated rings. The molecule has 0 radical (unpaired) electrons. The van der Waals surface area contributed by atoms with Gasteiger partial charge in [-0.05, 0) is 17.8 Å². The first-order valence-electron chi connectivity index (χ1n) is 8.17. The summed E-state index contributed by atoms with van der Waals surface area (Å²) < 4.78 is 42.1. The number of nitrogens with one attached hydrogen (secondary N) is 1. The number of hydrogen-bond acceptors (Lipinski definition) is 3. The number of Topliss-reactive ketones (excluding diaryl/α,β-unsaturated/α-hetero) is 1. The minimum Gasteiger partial charge on any atom is -0.331 e. The van der Waals surface area contributed by atoms with E-state index in [1.54, 1.807) is 33.0 Å². The molecule has 1 aliphatic heterocycles. The molecule has 0 aromatic carbocycles. The SMILES string of the molecule is CC(=O)NC1(C(F)(F)F)C(=O)N(CC(C)C)C2=C1C(=O)CC(C)(C)C2. The molecule has 0 spiro atoms. The summed E-state index contributed by atoms with van der Waals surface area (Å²) in [5.41, 5.74) is -4.36. The van der Waals surface area contributed by atoms with Gasteiger partial charge in [0, 0.05) is 25.6 Å². The molecule has 140 valence electrons. The van der Waals surface area contributed by atoms with Crippen LogP contribution in [0.3, 0.4) is 0 Å². The maximum atomic E-state index is 14.0. The topological polar surface area (TPSA) is 66.5 Å². The Morgan fingerprint density at radius 1 is 1.24 bits per heavy atom. The summed E-state index contributed by atoms with van der Waals surface area (Å²) in [6, 6.07) is 0. The van der Waals surface area contributed by atoms with Crippen molar-refractivity contribution >= 4 is 17.6 Å². The summed E-state index contributed by atoms with van der Waals surface area (Å²) >= 11 is 0. The first-order valence-corrected chi connectivity index (χ1v) is 8.17. The summed E-state index contributed by atoms with van der Waals surface area (Å²) in [5.74, 6) is -3.14. The lowest BCUT2D eigenvalue weighted by Gasteiger charge is -2.35. The number of halogens is 3. The molecular weight excluding hydrogens is 337 g/mol. The van der Waals surface area contributed by atoms with Crippen LogP contribution in [-0.2, 0) is 14.4 Å². The molecule has 1 aliphatic carbocycles. The molecule has 1 unspecified atom stereocenters. The predicted molar refractivity (Wildman–Crippen MR) is 84.2 cm³/mol. The fourth-order valence-electron chi connectivity index (χ4n) is 3.65. The van der Waals surface area contributed by atoms with Crippen LogP contribution in [0.4, 0.5) is 13.2 Å². The molecule has 0 bridgehead atoms. The van der Waals surface area contributed by atoms with Gasteiger partial charge in [-0.15, -0.1) is 0 Å². The number of amides is 2. The average Bonchev–Trinajstić information content (AvgIpc) is 2.59. The number of rotatable bonds is 3. The number of ketones is 1. The van der Waals surface area contributed by atoms with E-state index in [0.29, 0.717) is 0 Å². The second-order valence-corrected chi connectivity index (χ2v) is 8.00. The highest BCUT2D eigenvalue weighted by Gasteiger charge is 2.71. The van der Waals surface area contributed by atoms with Crippen molar-refractivity contribution in [1.82, 2.24) is 10.2 Å². The van der Waals surface area contributed by atoms with E-state index in [9.17, 15) is 27.6 Å². The van der Waals surface area contributed by atoms with Gasteiger partial charge in [-0.2, -0.15) is 13.2 Å². The van der Waals surface area contributed by atoms with E-state index >= 15 is 0 Å². The van der Waals surface area contributed by atoms with Crippen molar-refractivity contribution in [2.45, 2.75) is 59.2 Å². The molecule has 2 aliphatic rings. The van der Waals surface area contributed by atoms with Crippen molar-refractivity contribution in [2.75, 3.05) is 6.54 Å². The minimum atomic E-state index is -5.11. The Labute approximate surface area is 144 Å². The standard InChI is InChI=1S/C17H23F3N2O3/c1-9(2)8-22-11-6-15(4,5)7-12(24)13(11)16(14(22)25,17(18,19)20)21-10(3)23/h9H,6-8H2,1-5H3,(H,21,23). The zero-order valence-corrected chi connectivity index (χ0v) is 15.0. The number of carbonyl (C=O) groups excluding carboxylic acids is 3. The van der Waals surface area contributed by atoms with Gasteiger partial charge in [0.05, 0.1) is 5.57 Å². The van der Waals surface area contributed by atoms with Crippen molar-refractivity contribution in [2.24, 2.45) is 11.3 Å². The predicted octanol–water partition coefficient (Wildman–Crippen LogP) is 2.57. The Kier molecular flexibility index (Phi) is 4.55. The van der Waals surface area contributed by atoms with Crippen molar-refractivity contribution in [3.8, 4) is 0 Å². The molecule has 0 saturated carbocycles. The van der Waals surface area contributed by atoms with E-state index in [2.05, 4.69) is 0 Å². The van der Waals surface area contributed by atoms with Crippen LogP contribution >= 0.6 is 0 Å². The Morgan fingerprint density at radius 3 is 2.24 bits per heavy atom. The van der Waals surface area contributed by atoms with Crippen LogP contribution < -0.4 is 5.32 Å². The molecule has 25 heavy (non-hydrogen) atoms. The van der Waals surface area contributed by atoms with Gasteiger partial charge in [0.2, 0.25) is 11.4 Å². The van der Waals surface area contributed by atoms with E-state index in [0.717, 1.165) is 11.8 Å². The van der Waals surface area contributed by atoms with E-state index in [-0.39, 0.29) is 31.0 Å². The van der Waals surface area contributed by atoms with Gasteiger partial charge >= 0.3 is 6.18 Å². The molecule has 0 aromatic rings. The van der Waals surface area contributed by atoms with Gasteiger partial charge in [0.25, 0.3) is 5.91 Å². The van der Waals surface area contributed by atoms with Crippen molar-refractivity contribution in [3.05, 3.63) is 11.3 Å². The summed E-state index contributed by atoms with van der Waals surface area (Å²) in [4.78, 5) is 38.1. The monoisotopic (exact) mass is 360 g/mol. The number of nitrogens with zero attached hydrogens (tertiary/aromatic N) is 1. The maximum absolute atomic E-state index is 14.0. The summed E-state index contributed by atoms with van der Waals surface area (Å²) in [6.07, 6.45) is -5.05. The van der Waals surface area contributed by atoms with Gasteiger partial charge < -0.3 is 10.2 Å². The number of alkyl halides is 3. The Hall–Kier alpha value is -1.86. The molecule has 5 nitrogen and oxygen atoms in total. The lowest BCUT2D eigenvalue weighted by molar-refractivity contribution is -0.194. The average molecular weight is 360 g/mol. The maximum Gasteiger partial charge on any atom is 0.425 e. The van der Waals surface area contributed by atoms with Crippen molar-refractivity contribution in [3.63, 3.8) is 0 Å². The fraction of sp³-hybridized carbons (Fsp3) is 0.706. The van der Waals surface area contributed by atoms with E-state index < -0.39 is 40.3 Å². The molecule has 0 saturated heterocycles. The second-order valence-electron chi connectivity index (χ2n) is 8.00.